The maximum Gasteiger partial charge on any atom is 0.317 e. The molecule has 0 unspecified atom stereocenters. The Balaban J connectivity index is 1.32. The Kier molecular flexibility index (Phi) is 8.99. The molecule has 188 valence electrons. The molecule has 2 aromatic rings. The lowest BCUT2D eigenvalue weighted by Crippen LogP contribution is -2.54. The van der Waals surface area contributed by atoms with Gasteiger partial charge in [0.25, 0.3) is 5.91 Å². The van der Waals surface area contributed by atoms with Crippen LogP contribution in [0.15, 0.2) is 48.5 Å². The van der Waals surface area contributed by atoms with Gasteiger partial charge >= 0.3 is 6.03 Å². The summed E-state index contributed by atoms with van der Waals surface area (Å²) in [5, 5.41) is 3.71. The molecule has 2 fully saturated rings. The molecule has 2 aliphatic rings. The monoisotopic (exact) mass is 500 g/mol. The molecule has 3 amide bonds. The highest BCUT2D eigenvalue weighted by Gasteiger charge is 2.25. The summed E-state index contributed by atoms with van der Waals surface area (Å²) in [7, 11) is 0. The number of halogens is 2. The molecule has 1 aliphatic carbocycles. The maximum atomic E-state index is 13.4. The smallest absolute Gasteiger partial charge is 0.317 e. The van der Waals surface area contributed by atoms with Crippen molar-refractivity contribution in [3.05, 3.63) is 70.5 Å². The van der Waals surface area contributed by atoms with E-state index in [0.717, 1.165) is 31.5 Å². The number of amides is 3. The maximum absolute atomic E-state index is 13.4. The summed E-state index contributed by atoms with van der Waals surface area (Å²) in [6, 6.07) is 13.5. The van der Waals surface area contributed by atoms with Crippen molar-refractivity contribution in [1.29, 1.82) is 0 Å². The summed E-state index contributed by atoms with van der Waals surface area (Å²) >= 11 is 6.11. The fraction of sp³-hybridized carbons (Fsp3) is 0.481. The van der Waals surface area contributed by atoms with E-state index in [9.17, 15) is 14.0 Å². The molecule has 1 heterocycles. The highest BCUT2D eigenvalue weighted by molar-refractivity contribution is 6.30. The molecule has 0 atom stereocenters. The van der Waals surface area contributed by atoms with E-state index < -0.39 is 0 Å². The Labute approximate surface area is 212 Å². The predicted octanol–water partition coefficient (Wildman–Crippen LogP) is 4.78. The third kappa shape index (κ3) is 7.42. The topological polar surface area (TPSA) is 55.9 Å². The van der Waals surface area contributed by atoms with Gasteiger partial charge in [-0.1, -0.05) is 49.1 Å². The van der Waals surface area contributed by atoms with Gasteiger partial charge in [-0.3, -0.25) is 9.69 Å². The molecule has 6 nitrogen and oxygen atoms in total. The largest absolute Gasteiger partial charge is 0.335 e. The molecule has 1 aliphatic heterocycles. The molecule has 0 bridgehead atoms. The van der Waals surface area contributed by atoms with Crippen molar-refractivity contribution in [3.8, 4) is 0 Å². The van der Waals surface area contributed by atoms with Crippen LogP contribution in [0.25, 0.3) is 0 Å². The van der Waals surface area contributed by atoms with Crippen LogP contribution < -0.4 is 5.32 Å². The summed E-state index contributed by atoms with van der Waals surface area (Å²) in [6.45, 7) is 4.51. The molecule has 4 rings (SSSR count). The second-order valence-corrected chi connectivity index (χ2v) is 9.91. The lowest BCUT2D eigenvalue weighted by molar-refractivity contribution is 0.0702. The van der Waals surface area contributed by atoms with E-state index in [1.165, 1.54) is 31.4 Å². The van der Waals surface area contributed by atoms with Crippen LogP contribution in [-0.4, -0.2) is 71.9 Å². The minimum absolute atomic E-state index is 0.0469. The Hall–Kier alpha value is -2.64. The standard InChI is InChI=1S/C27H34ClFN4O2/c28-23-6-4-5-22(19-23)26(34)33(20-21-9-11-24(29)12-10-21)18-15-31-13-16-32(17-14-31)27(35)30-25-7-2-1-3-8-25/h4-6,9-12,19,25H,1-3,7-8,13-18,20H2,(H,30,35). The summed E-state index contributed by atoms with van der Waals surface area (Å²) in [4.78, 5) is 31.9. The Morgan fingerprint density at radius 2 is 1.71 bits per heavy atom. The van der Waals surface area contributed by atoms with E-state index in [4.69, 9.17) is 11.6 Å². The SMILES string of the molecule is O=C(NC1CCCCC1)N1CCN(CCN(Cc2ccc(F)cc2)C(=O)c2cccc(Cl)c2)CC1. The summed E-state index contributed by atoms with van der Waals surface area (Å²) in [5.41, 5.74) is 1.40. The fourth-order valence-electron chi connectivity index (χ4n) is 4.82. The summed E-state index contributed by atoms with van der Waals surface area (Å²) < 4.78 is 13.4. The van der Waals surface area contributed by atoms with Crippen molar-refractivity contribution in [3.63, 3.8) is 0 Å². The van der Waals surface area contributed by atoms with Gasteiger partial charge in [0, 0.05) is 62.4 Å². The second kappa shape index (κ2) is 12.4. The van der Waals surface area contributed by atoms with E-state index in [0.29, 0.717) is 49.4 Å². The number of nitrogens with one attached hydrogen (secondary N) is 1. The molecule has 0 spiro atoms. The van der Waals surface area contributed by atoms with Crippen molar-refractivity contribution in [2.24, 2.45) is 0 Å². The molecule has 2 aromatic carbocycles. The molecule has 0 aromatic heterocycles. The molecule has 35 heavy (non-hydrogen) atoms. The number of benzene rings is 2. The van der Waals surface area contributed by atoms with Gasteiger partial charge in [-0.05, 0) is 48.7 Å². The van der Waals surface area contributed by atoms with E-state index in [2.05, 4.69) is 10.2 Å². The van der Waals surface area contributed by atoms with E-state index in [1.54, 1.807) is 41.3 Å². The van der Waals surface area contributed by atoms with Crippen LogP contribution >= 0.6 is 11.6 Å². The Morgan fingerprint density at radius 1 is 1.00 bits per heavy atom. The normalized spacial score (nSPS) is 17.3. The average molecular weight is 501 g/mol. The molecular formula is C27H34ClFN4O2. The third-order valence-corrected chi connectivity index (χ3v) is 7.16. The van der Waals surface area contributed by atoms with Crippen LogP contribution in [0.3, 0.4) is 0 Å². The number of urea groups is 1. The van der Waals surface area contributed by atoms with Gasteiger partial charge in [0.1, 0.15) is 5.82 Å². The first-order chi connectivity index (χ1) is 17.0. The number of rotatable bonds is 7. The van der Waals surface area contributed by atoms with Crippen LogP contribution in [0.2, 0.25) is 5.02 Å². The quantitative estimate of drug-likeness (QED) is 0.595. The number of carbonyl (C=O) groups is 2. The van der Waals surface area contributed by atoms with Crippen molar-refractivity contribution in [2.45, 2.75) is 44.7 Å². The molecule has 0 radical (unpaired) electrons. The van der Waals surface area contributed by atoms with E-state index in [1.807, 2.05) is 4.90 Å². The predicted molar refractivity (Wildman–Crippen MR) is 136 cm³/mol. The number of carbonyl (C=O) groups excluding carboxylic acids is 2. The zero-order valence-electron chi connectivity index (χ0n) is 20.1. The minimum atomic E-state index is -0.299. The third-order valence-electron chi connectivity index (χ3n) is 6.92. The molecule has 1 N–H and O–H groups in total. The molecular weight excluding hydrogens is 467 g/mol. The first kappa shape index (κ1) is 25.5. The molecule has 1 saturated carbocycles. The molecule has 8 heteroatoms. The lowest BCUT2D eigenvalue weighted by Gasteiger charge is -2.37. The highest BCUT2D eigenvalue weighted by Crippen LogP contribution is 2.18. The molecule has 1 saturated heterocycles. The van der Waals surface area contributed by atoms with Gasteiger partial charge in [-0.25, -0.2) is 9.18 Å². The van der Waals surface area contributed by atoms with E-state index in [-0.39, 0.29) is 17.8 Å². The number of piperazine rings is 1. The van der Waals surface area contributed by atoms with Crippen LogP contribution in [0, 0.1) is 5.82 Å². The van der Waals surface area contributed by atoms with Gasteiger partial charge in [-0.15, -0.1) is 0 Å². The fourth-order valence-corrected chi connectivity index (χ4v) is 5.01. The zero-order valence-corrected chi connectivity index (χ0v) is 20.9. The van der Waals surface area contributed by atoms with Gasteiger partial charge in [0.15, 0.2) is 0 Å². The first-order valence-electron chi connectivity index (χ1n) is 12.5. The summed E-state index contributed by atoms with van der Waals surface area (Å²) in [6.07, 6.45) is 5.82. The van der Waals surface area contributed by atoms with Gasteiger partial charge < -0.3 is 15.1 Å². The highest BCUT2D eigenvalue weighted by atomic mass is 35.5. The Morgan fingerprint density at radius 3 is 2.40 bits per heavy atom. The Bertz CT molecular complexity index is 989. The van der Waals surface area contributed by atoms with E-state index >= 15 is 0 Å². The van der Waals surface area contributed by atoms with Crippen LogP contribution in [0.4, 0.5) is 9.18 Å². The van der Waals surface area contributed by atoms with Crippen LogP contribution in [0.5, 0.6) is 0 Å². The van der Waals surface area contributed by atoms with Crippen LogP contribution in [0.1, 0.15) is 48.0 Å². The number of hydrogen-bond donors (Lipinski definition) is 1. The van der Waals surface area contributed by atoms with Crippen molar-refractivity contribution >= 4 is 23.5 Å². The summed E-state index contributed by atoms with van der Waals surface area (Å²) in [5.74, 6) is -0.408. The van der Waals surface area contributed by atoms with Crippen molar-refractivity contribution in [1.82, 2.24) is 20.0 Å². The lowest BCUT2D eigenvalue weighted by atomic mass is 9.96. The van der Waals surface area contributed by atoms with Crippen molar-refractivity contribution in [2.75, 3.05) is 39.3 Å². The average Bonchev–Trinajstić information content (AvgIpc) is 2.88. The van der Waals surface area contributed by atoms with Gasteiger partial charge in [-0.2, -0.15) is 0 Å². The minimum Gasteiger partial charge on any atom is -0.335 e. The first-order valence-corrected chi connectivity index (χ1v) is 12.9. The number of hydrogen-bond acceptors (Lipinski definition) is 3. The van der Waals surface area contributed by atoms with Crippen LogP contribution in [-0.2, 0) is 6.54 Å². The zero-order chi connectivity index (χ0) is 24.6. The number of nitrogens with zero attached hydrogens (tertiary/aromatic N) is 3. The second-order valence-electron chi connectivity index (χ2n) is 9.48. The van der Waals surface area contributed by atoms with Gasteiger partial charge in [0.05, 0.1) is 0 Å². The van der Waals surface area contributed by atoms with Gasteiger partial charge in [0.2, 0.25) is 0 Å². The van der Waals surface area contributed by atoms with Crippen molar-refractivity contribution < 1.29 is 14.0 Å².